The first-order valence-corrected chi connectivity index (χ1v) is 10.0. The first-order chi connectivity index (χ1) is 13.1. The van der Waals surface area contributed by atoms with Gasteiger partial charge in [-0.15, -0.1) is 12.4 Å². The predicted molar refractivity (Wildman–Crippen MR) is 111 cm³/mol. The average Bonchev–Trinajstić information content (AvgIpc) is 3.04. The van der Waals surface area contributed by atoms with Gasteiger partial charge in [0.15, 0.2) is 0 Å². The van der Waals surface area contributed by atoms with Gasteiger partial charge in [-0.2, -0.15) is 0 Å². The van der Waals surface area contributed by atoms with Crippen LogP contribution in [-0.4, -0.2) is 60.5 Å². The summed E-state index contributed by atoms with van der Waals surface area (Å²) < 4.78 is 5.81. The maximum absolute atomic E-state index is 12.8. The highest BCUT2D eigenvalue weighted by atomic mass is 35.5. The smallest absolute Gasteiger partial charge is 0.227 e. The Hall–Kier alpha value is -1.63. The standard InChI is InChI=1S/C21H31N3O3.ClH/c1-16-3-5-17(6-4-16)14-24-15-18(13-20(24)25)21(26)23-10-7-19(8-11-23)27-12-2-9-22;/h3-6,18-19H,2,7-15,22H2,1H3;1H. The molecule has 0 radical (unpaired) electrons. The van der Waals surface area contributed by atoms with Crippen molar-refractivity contribution in [2.75, 3.05) is 32.8 Å². The van der Waals surface area contributed by atoms with Gasteiger partial charge in [0.1, 0.15) is 0 Å². The Kier molecular flexibility index (Phi) is 8.73. The van der Waals surface area contributed by atoms with Crippen molar-refractivity contribution in [1.82, 2.24) is 9.80 Å². The van der Waals surface area contributed by atoms with Gasteiger partial charge >= 0.3 is 0 Å². The van der Waals surface area contributed by atoms with E-state index in [0.717, 1.165) is 37.9 Å². The van der Waals surface area contributed by atoms with E-state index >= 15 is 0 Å². The molecule has 0 aliphatic carbocycles. The topological polar surface area (TPSA) is 75.9 Å². The first-order valence-electron chi connectivity index (χ1n) is 10.0. The van der Waals surface area contributed by atoms with Crippen LogP contribution in [0.15, 0.2) is 24.3 Å². The summed E-state index contributed by atoms with van der Waals surface area (Å²) in [7, 11) is 0. The summed E-state index contributed by atoms with van der Waals surface area (Å²) in [6, 6.07) is 8.21. The molecular weight excluding hydrogens is 378 g/mol. The summed E-state index contributed by atoms with van der Waals surface area (Å²) in [6.45, 7) is 5.93. The van der Waals surface area contributed by atoms with Gasteiger partial charge in [0, 0.05) is 39.2 Å². The maximum atomic E-state index is 12.8. The zero-order valence-corrected chi connectivity index (χ0v) is 17.5. The van der Waals surface area contributed by atoms with Gasteiger partial charge in [-0.1, -0.05) is 29.8 Å². The first kappa shape index (κ1) is 22.7. The molecule has 2 fully saturated rings. The van der Waals surface area contributed by atoms with Crippen molar-refractivity contribution >= 4 is 24.2 Å². The monoisotopic (exact) mass is 409 g/mol. The lowest BCUT2D eigenvalue weighted by Crippen LogP contribution is -2.44. The maximum Gasteiger partial charge on any atom is 0.227 e. The molecule has 2 saturated heterocycles. The molecule has 0 aromatic heterocycles. The van der Waals surface area contributed by atoms with Gasteiger partial charge < -0.3 is 20.3 Å². The molecule has 3 rings (SSSR count). The Morgan fingerprint density at radius 1 is 1.21 bits per heavy atom. The van der Waals surface area contributed by atoms with E-state index in [1.54, 1.807) is 0 Å². The number of hydrogen-bond donors (Lipinski definition) is 1. The molecule has 7 heteroatoms. The summed E-state index contributed by atoms with van der Waals surface area (Å²) in [5.74, 6) is -0.0123. The van der Waals surface area contributed by atoms with E-state index in [9.17, 15) is 9.59 Å². The van der Waals surface area contributed by atoms with Crippen LogP contribution in [-0.2, 0) is 20.9 Å². The molecule has 28 heavy (non-hydrogen) atoms. The van der Waals surface area contributed by atoms with Crippen molar-refractivity contribution in [2.24, 2.45) is 11.7 Å². The Balaban J connectivity index is 0.00000280. The van der Waals surface area contributed by atoms with E-state index < -0.39 is 0 Å². The molecule has 0 bridgehead atoms. The van der Waals surface area contributed by atoms with Gasteiger partial charge in [0.2, 0.25) is 11.8 Å². The van der Waals surface area contributed by atoms with Gasteiger partial charge in [-0.3, -0.25) is 9.59 Å². The molecule has 2 heterocycles. The number of carbonyl (C=O) groups is 2. The van der Waals surface area contributed by atoms with Crippen LogP contribution < -0.4 is 5.73 Å². The molecule has 2 aliphatic heterocycles. The highest BCUT2D eigenvalue weighted by molar-refractivity contribution is 5.89. The molecule has 156 valence electrons. The number of amides is 2. The number of ether oxygens (including phenoxy) is 1. The summed E-state index contributed by atoms with van der Waals surface area (Å²) in [6.07, 6.45) is 3.16. The Bertz CT molecular complexity index is 645. The molecule has 0 spiro atoms. The Morgan fingerprint density at radius 2 is 1.89 bits per heavy atom. The SMILES string of the molecule is Cc1ccc(CN2CC(C(=O)N3CCC(OCCCN)CC3)CC2=O)cc1.Cl. The van der Waals surface area contributed by atoms with Crippen LogP contribution in [0.25, 0.3) is 0 Å². The van der Waals surface area contributed by atoms with Crippen molar-refractivity contribution in [3.63, 3.8) is 0 Å². The zero-order chi connectivity index (χ0) is 19.2. The summed E-state index contributed by atoms with van der Waals surface area (Å²) in [4.78, 5) is 28.9. The fraction of sp³-hybridized carbons (Fsp3) is 0.619. The lowest BCUT2D eigenvalue weighted by molar-refractivity contribution is -0.138. The summed E-state index contributed by atoms with van der Waals surface area (Å²) in [5.41, 5.74) is 7.80. The van der Waals surface area contributed by atoms with Gasteiger partial charge in [0.25, 0.3) is 0 Å². The minimum absolute atomic E-state index is 0. The largest absolute Gasteiger partial charge is 0.378 e. The van der Waals surface area contributed by atoms with Gasteiger partial charge in [-0.25, -0.2) is 0 Å². The third-order valence-electron chi connectivity index (χ3n) is 5.51. The van der Waals surface area contributed by atoms with Crippen molar-refractivity contribution in [3.8, 4) is 0 Å². The van der Waals surface area contributed by atoms with Gasteiger partial charge in [-0.05, 0) is 38.3 Å². The number of halogens is 1. The second kappa shape index (κ2) is 10.8. The Labute approximate surface area is 173 Å². The molecule has 2 amide bonds. The molecule has 1 unspecified atom stereocenters. The Morgan fingerprint density at radius 3 is 2.54 bits per heavy atom. The van der Waals surface area contributed by atoms with E-state index in [-0.39, 0.29) is 36.2 Å². The van der Waals surface area contributed by atoms with Crippen molar-refractivity contribution in [2.45, 2.75) is 45.3 Å². The minimum Gasteiger partial charge on any atom is -0.378 e. The van der Waals surface area contributed by atoms with Crippen LogP contribution in [0.3, 0.4) is 0 Å². The predicted octanol–water partition coefficient (Wildman–Crippen LogP) is 2.12. The summed E-state index contributed by atoms with van der Waals surface area (Å²) in [5, 5.41) is 0. The number of rotatable bonds is 7. The van der Waals surface area contributed by atoms with E-state index in [4.69, 9.17) is 10.5 Å². The number of benzene rings is 1. The van der Waals surface area contributed by atoms with Crippen LogP contribution in [0, 0.1) is 12.8 Å². The number of likely N-dealkylation sites (tertiary alicyclic amines) is 2. The molecule has 1 atom stereocenters. The number of carbonyl (C=O) groups excluding carboxylic acids is 2. The second-order valence-corrected chi connectivity index (χ2v) is 7.70. The van der Waals surface area contributed by atoms with Crippen LogP contribution in [0.4, 0.5) is 0 Å². The third kappa shape index (κ3) is 5.93. The second-order valence-electron chi connectivity index (χ2n) is 7.70. The van der Waals surface area contributed by atoms with E-state index in [2.05, 4.69) is 12.1 Å². The van der Waals surface area contributed by atoms with Crippen LogP contribution in [0.5, 0.6) is 0 Å². The van der Waals surface area contributed by atoms with E-state index in [1.807, 2.05) is 28.9 Å². The van der Waals surface area contributed by atoms with Crippen LogP contribution in [0.1, 0.15) is 36.8 Å². The minimum atomic E-state index is -0.211. The molecular formula is C21H32ClN3O3. The quantitative estimate of drug-likeness (QED) is 0.700. The van der Waals surface area contributed by atoms with Crippen molar-refractivity contribution in [3.05, 3.63) is 35.4 Å². The fourth-order valence-electron chi connectivity index (χ4n) is 3.84. The zero-order valence-electron chi connectivity index (χ0n) is 16.6. The lowest BCUT2D eigenvalue weighted by Gasteiger charge is -2.33. The van der Waals surface area contributed by atoms with Crippen LogP contribution >= 0.6 is 12.4 Å². The van der Waals surface area contributed by atoms with Crippen molar-refractivity contribution < 1.29 is 14.3 Å². The molecule has 1 aromatic rings. The fourth-order valence-corrected chi connectivity index (χ4v) is 3.84. The normalized spacial score (nSPS) is 20.4. The highest BCUT2D eigenvalue weighted by Crippen LogP contribution is 2.24. The molecule has 0 saturated carbocycles. The van der Waals surface area contributed by atoms with Crippen molar-refractivity contribution in [1.29, 1.82) is 0 Å². The third-order valence-corrected chi connectivity index (χ3v) is 5.51. The number of piperidine rings is 1. The highest BCUT2D eigenvalue weighted by Gasteiger charge is 2.37. The molecule has 1 aromatic carbocycles. The summed E-state index contributed by atoms with van der Waals surface area (Å²) >= 11 is 0. The number of nitrogens with zero attached hydrogens (tertiary/aromatic N) is 2. The lowest BCUT2D eigenvalue weighted by atomic mass is 10.0. The molecule has 2 aliphatic rings. The molecule has 2 N–H and O–H groups in total. The number of aryl methyl sites for hydroxylation is 1. The molecule has 6 nitrogen and oxygen atoms in total. The van der Waals surface area contributed by atoms with E-state index in [0.29, 0.717) is 32.7 Å². The van der Waals surface area contributed by atoms with E-state index in [1.165, 1.54) is 5.56 Å². The number of hydrogen-bond acceptors (Lipinski definition) is 4. The van der Waals surface area contributed by atoms with Crippen LogP contribution in [0.2, 0.25) is 0 Å². The average molecular weight is 410 g/mol. The number of nitrogens with two attached hydrogens (primary N) is 1. The van der Waals surface area contributed by atoms with Gasteiger partial charge in [0.05, 0.1) is 12.0 Å².